The van der Waals surface area contributed by atoms with Crippen molar-refractivity contribution in [2.24, 2.45) is 0 Å². The number of pyridine rings is 1. The third-order valence-electron chi connectivity index (χ3n) is 7.95. The molecule has 4 aromatic heterocycles. The number of fused-ring (bicyclic) bond motifs is 3. The van der Waals surface area contributed by atoms with Crippen molar-refractivity contribution in [2.45, 2.75) is 26.4 Å². The van der Waals surface area contributed by atoms with E-state index in [1.165, 1.54) is 17.4 Å². The van der Waals surface area contributed by atoms with E-state index < -0.39 is 11.6 Å². The third kappa shape index (κ3) is 4.86. The summed E-state index contributed by atoms with van der Waals surface area (Å²) in [6.07, 6.45) is 1.29. The van der Waals surface area contributed by atoms with Crippen LogP contribution in [0.1, 0.15) is 24.6 Å². The lowest BCUT2D eigenvalue weighted by Gasteiger charge is -2.33. The Morgan fingerprint density at radius 3 is 2.80 bits per heavy atom. The molecule has 12 heteroatoms. The molecule has 0 aliphatic carbocycles. The molecule has 5 heterocycles. The van der Waals surface area contributed by atoms with Gasteiger partial charge in [0.2, 0.25) is 5.91 Å². The molecule has 2 aromatic carbocycles. The second-order valence-corrected chi connectivity index (χ2v) is 11.6. The van der Waals surface area contributed by atoms with E-state index in [9.17, 15) is 14.3 Å². The third-order valence-corrected chi connectivity index (χ3v) is 8.88. The number of carbonyl (C=O) groups excluding carboxylic acids is 1. The van der Waals surface area contributed by atoms with Crippen LogP contribution in [-0.2, 0) is 11.3 Å². The molecular formula is C33H27F2N5O4S. The van der Waals surface area contributed by atoms with Gasteiger partial charge >= 0.3 is 0 Å². The van der Waals surface area contributed by atoms with Gasteiger partial charge in [-0.3, -0.25) is 9.48 Å². The first-order chi connectivity index (χ1) is 21.8. The first-order valence-corrected chi connectivity index (χ1v) is 15.2. The number of rotatable bonds is 7. The zero-order valence-corrected chi connectivity index (χ0v) is 25.2. The van der Waals surface area contributed by atoms with Gasteiger partial charge in [0.1, 0.15) is 40.9 Å². The predicted octanol–water partition coefficient (Wildman–Crippen LogP) is 6.68. The molecule has 1 aliphatic rings. The summed E-state index contributed by atoms with van der Waals surface area (Å²) < 4.78 is 44.3. The van der Waals surface area contributed by atoms with Crippen molar-refractivity contribution in [3.05, 3.63) is 83.7 Å². The maximum Gasteiger partial charge on any atom is 0.246 e. The first kappa shape index (κ1) is 28.8. The summed E-state index contributed by atoms with van der Waals surface area (Å²) in [6.45, 7) is 7.70. The summed E-state index contributed by atoms with van der Waals surface area (Å²) in [5.41, 5.74) is 4.68. The standard InChI is InChI=1S/C33H27F2N5O4S/c1-4-28(42)39-8-9-40-25(17(39)2)16-24(38-40)32-30(29-22(35)14-20(34)15-27(29)43-11-10-41)33-21(7-12-45-33)31(37-32)19-5-6-26-23(13-19)36-18(3)44-26/h4-7,12-17,41H,1,8-11H2,2-3H3/t17-/m1/s1. The molecule has 228 valence electrons. The van der Waals surface area contributed by atoms with Crippen molar-refractivity contribution in [3.8, 4) is 39.5 Å². The van der Waals surface area contributed by atoms with E-state index in [-0.39, 0.29) is 36.5 Å². The molecule has 1 aliphatic heterocycles. The molecule has 6 aromatic rings. The van der Waals surface area contributed by atoms with Gasteiger partial charge in [0.05, 0.1) is 36.1 Å². The molecular weight excluding hydrogens is 600 g/mol. The van der Waals surface area contributed by atoms with Crippen LogP contribution in [0, 0.1) is 18.6 Å². The SMILES string of the molecule is C=CC(=O)N1CCn2nc(-c3nc(-c4ccc5oc(C)nc5c4)c4ccsc4c3-c3c(F)cc(F)cc3OCCO)cc2[C@H]1C. The maximum atomic E-state index is 15.9. The lowest BCUT2D eigenvalue weighted by molar-refractivity contribution is -0.129. The monoisotopic (exact) mass is 627 g/mol. The highest BCUT2D eigenvalue weighted by Crippen LogP contribution is 2.47. The fraction of sp³-hybridized carbons (Fsp3) is 0.212. The molecule has 0 saturated heterocycles. The number of nitrogens with zero attached hydrogens (tertiary/aromatic N) is 5. The Kier molecular flexibility index (Phi) is 7.17. The van der Waals surface area contributed by atoms with Crippen LogP contribution < -0.4 is 4.74 Å². The number of ether oxygens (including phenoxy) is 1. The molecule has 45 heavy (non-hydrogen) atoms. The molecule has 1 atom stereocenters. The van der Waals surface area contributed by atoms with Crippen LogP contribution in [-0.4, -0.2) is 55.4 Å². The van der Waals surface area contributed by atoms with Gasteiger partial charge in [-0.1, -0.05) is 6.58 Å². The molecule has 1 N–H and O–H groups in total. The van der Waals surface area contributed by atoms with Gasteiger partial charge in [0.25, 0.3) is 0 Å². The molecule has 0 fully saturated rings. The van der Waals surface area contributed by atoms with Crippen molar-refractivity contribution < 1.29 is 27.8 Å². The summed E-state index contributed by atoms with van der Waals surface area (Å²) >= 11 is 1.38. The second-order valence-electron chi connectivity index (χ2n) is 10.7. The predicted molar refractivity (Wildman–Crippen MR) is 167 cm³/mol. The Balaban J connectivity index is 1.52. The van der Waals surface area contributed by atoms with Gasteiger partial charge in [-0.05, 0) is 48.7 Å². The van der Waals surface area contributed by atoms with Crippen LogP contribution in [0.15, 0.2) is 64.9 Å². The Morgan fingerprint density at radius 2 is 2.00 bits per heavy atom. The van der Waals surface area contributed by atoms with Gasteiger partial charge < -0.3 is 19.2 Å². The van der Waals surface area contributed by atoms with E-state index in [1.807, 2.05) is 47.3 Å². The fourth-order valence-electron chi connectivity index (χ4n) is 5.95. The van der Waals surface area contributed by atoms with Crippen molar-refractivity contribution >= 4 is 38.4 Å². The van der Waals surface area contributed by atoms with Gasteiger partial charge in [0.15, 0.2) is 11.5 Å². The van der Waals surface area contributed by atoms with E-state index in [0.717, 1.165) is 28.8 Å². The Labute approximate surface area is 260 Å². The van der Waals surface area contributed by atoms with Crippen LogP contribution in [0.2, 0.25) is 0 Å². The van der Waals surface area contributed by atoms with Crippen LogP contribution in [0.5, 0.6) is 5.75 Å². The summed E-state index contributed by atoms with van der Waals surface area (Å²) in [5, 5.41) is 17.0. The van der Waals surface area contributed by atoms with Crippen LogP contribution >= 0.6 is 11.3 Å². The molecule has 0 saturated carbocycles. The van der Waals surface area contributed by atoms with E-state index in [0.29, 0.717) is 57.4 Å². The Hall–Kier alpha value is -4.94. The van der Waals surface area contributed by atoms with Crippen molar-refractivity contribution in [1.29, 1.82) is 0 Å². The van der Waals surface area contributed by atoms with E-state index in [2.05, 4.69) is 11.6 Å². The summed E-state index contributed by atoms with van der Waals surface area (Å²) in [4.78, 5) is 23.9. The van der Waals surface area contributed by atoms with Crippen molar-refractivity contribution in [3.63, 3.8) is 0 Å². The number of aliphatic hydroxyl groups is 1. The van der Waals surface area contributed by atoms with Crippen LogP contribution in [0.4, 0.5) is 8.78 Å². The number of halogens is 2. The minimum atomic E-state index is -0.840. The number of aliphatic hydroxyl groups excluding tert-OH is 1. The number of benzene rings is 2. The number of hydrogen-bond donors (Lipinski definition) is 1. The quantitative estimate of drug-likeness (QED) is 0.197. The summed E-state index contributed by atoms with van der Waals surface area (Å²) in [6, 6.07) is 11.0. The summed E-state index contributed by atoms with van der Waals surface area (Å²) in [7, 11) is 0. The van der Waals surface area contributed by atoms with E-state index >= 15 is 4.39 Å². The minimum Gasteiger partial charge on any atom is -0.490 e. The highest BCUT2D eigenvalue weighted by Gasteiger charge is 2.31. The normalized spacial score (nSPS) is 14.7. The molecule has 0 unspecified atom stereocenters. The lowest BCUT2D eigenvalue weighted by Crippen LogP contribution is -2.40. The average Bonchev–Trinajstić information content (AvgIpc) is 3.77. The molecule has 0 spiro atoms. The number of aryl methyl sites for hydroxylation is 1. The Morgan fingerprint density at radius 1 is 1.16 bits per heavy atom. The smallest absolute Gasteiger partial charge is 0.246 e. The molecule has 0 radical (unpaired) electrons. The number of amides is 1. The highest BCUT2D eigenvalue weighted by molar-refractivity contribution is 7.18. The topological polar surface area (TPSA) is 107 Å². The number of oxazole rings is 1. The van der Waals surface area contributed by atoms with Gasteiger partial charge in [0, 0.05) is 46.8 Å². The zero-order chi connectivity index (χ0) is 31.4. The minimum absolute atomic E-state index is 0.0106. The number of aromatic nitrogens is 4. The van der Waals surface area contributed by atoms with E-state index in [1.54, 1.807) is 11.8 Å². The Bertz CT molecular complexity index is 2130. The molecule has 9 nitrogen and oxygen atoms in total. The first-order valence-electron chi connectivity index (χ1n) is 14.3. The number of thiophene rings is 1. The van der Waals surface area contributed by atoms with Gasteiger partial charge in [-0.25, -0.2) is 18.7 Å². The van der Waals surface area contributed by atoms with Gasteiger partial charge in [-0.15, -0.1) is 11.3 Å². The van der Waals surface area contributed by atoms with E-state index in [4.69, 9.17) is 19.2 Å². The van der Waals surface area contributed by atoms with Crippen molar-refractivity contribution in [1.82, 2.24) is 24.6 Å². The largest absolute Gasteiger partial charge is 0.490 e. The average molecular weight is 628 g/mol. The molecule has 0 bridgehead atoms. The second kappa shape index (κ2) is 11.2. The maximum absolute atomic E-state index is 15.9. The number of carbonyl (C=O) groups is 1. The van der Waals surface area contributed by atoms with Crippen molar-refractivity contribution in [2.75, 3.05) is 19.8 Å². The summed E-state index contributed by atoms with van der Waals surface area (Å²) in [5.74, 6) is -1.36. The highest BCUT2D eigenvalue weighted by atomic mass is 32.1. The fourth-order valence-corrected chi connectivity index (χ4v) is 6.90. The number of hydrogen-bond acceptors (Lipinski definition) is 8. The van der Waals surface area contributed by atoms with Gasteiger partial charge in [-0.2, -0.15) is 5.10 Å². The lowest BCUT2D eigenvalue weighted by atomic mass is 9.96. The van der Waals surface area contributed by atoms with Crippen LogP contribution in [0.3, 0.4) is 0 Å². The molecule has 7 rings (SSSR count). The zero-order valence-electron chi connectivity index (χ0n) is 24.4. The molecule has 1 amide bonds. The van der Waals surface area contributed by atoms with Crippen LogP contribution in [0.25, 0.3) is 55.0 Å².